The zero-order valence-electron chi connectivity index (χ0n) is 16.2. The van der Waals surface area contributed by atoms with Gasteiger partial charge in [0.25, 0.3) is 0 Å². The number of nitrogens with zero attached hydrogens (tertiary/aromatic N) is 3. The van der Waals surface area contributed by atoms with Gasteiger partial charge in [-0.2, -0.15) is 0 Å². The van der Waals surface area contributed by atoms with Crippen molar-refractivity contribution in [2.75, 3.05) is 10.6 Å². The van der Waals surface area contributed by atoms with Crippen molar-refractivity contribution in [3.63, 3.8) is 0 Å². The maximum atomic E-state index is 13.3. The summed E-state index contributed by atoms with van der Waals surface area (Å²) in [6.45, 7) is 0.487. The van der Waals surface area contributed by atoms with Crippen LogP contribution in [0.2, 0.25) is 0 Å². The van der Waals surface area contributed by atoms with Crippen molar-refractivity contribution < 1.29 is 4.39 Å². The van der Waals surface area contributed by atoms with Crippen molar-refractivity contribution in [2.24, 2.45) is 5.73 Å². The van der Waals surface area contributed by atoms with Crippen LogP contribution in [0.15, 0.2) is 54.9 Å². The maximum absolute atomic E-state index is 13.3. The predicted octanol–water partition coefficient (Wildman–Crippen LogP) is 3.97. The topological polar surface area (TPSA) is 88.8 Å². The molecule has 2 heterocycles. The molecule has 0 spiro atoms. The van der Waals surface area contributed by atoms with Crippen LogP contribution in [0.5, 0.6) is 0 Å². The molecule has 7 heteroatoms. The second-order valence-electron chi connectivity index (χ2n) is 7.43. The predicted molar refractivity (Wildman–Crippen MR) is 113 cm³/mol. The largest absolute Gasteiger partial charge is 0.367 e. The number of halogens is 1. The summed E-state index contributed by atoms with van der Waals surface area (Å²) in [7, 11) is 0. The van der Waals surface area contributed by atoms with Crippen molar-refractivity contribution >= 4 is 11.6 Å². The zero-order valence-corrected chi connectivity index (χ0v) is 16.2. The van der Waals surface area contributed by atoms with Gasteiger partial charge in [0.15, 0.2) is 5.82 Å². The molecule has 1 aliphatic carbocycles. The minimum Gasteiger partial charge on any atom is -0.367 e. The van der Waals surface area contributed by atoms with E-state index in [0.29, 0.717) is 30.3 Å². The third kappa shape index (κ3) is 5.26. The van der Waals surface area contributed by atoms with E-state index in [1.807, 2.05) is 18.2 Å². The first-order valence-electron chi connectivity index (χ1n) is 9.95. The number of rotatable bonds is 6. The molecule has 0 radical (unpaired) electrons. The van der Waals surface area contributed by atoms with Gasteiger partial charge in [0.2, 0.25) is 0 Å². The number of nitrogens with two attached hydrogens (primary N) is 1. The second kappa shape index (κ2) is 8.96. The Balaban J connectivity index is 1.43. The molecule has 1 aliphatic rings. The lowest BCUT2D eigenvalue weighted by atomic mass is 9.92. The number of hydrogen-bond donors (Lipinski definition) is 3. The fourth-order valence-electron chi connectivity index (χ4n) is 3.56. The van der Waals surface area contributed by atoms with Crippen molar-refractivity contribution in [2.45, 2.75) is 44.3 Å². The van der Waals surface area contributed by atoms with Gasteiger partial charge in [0.05, 0.1) is 0 Å². The Bertz CT molecular complexity index is 955. The standard InChI is InChI=1S/C22H25FN6/c23-17-3-1-2-15(12-17)14-27-20-9-11-26-22(29-20)16-8-10-25-21(13-16)28-19-6-4-18(24)5-7-19/h1-3,8-13,18-19H,4-7,14,24H2,(H,25,28)(H,26,27,29). The minimum atomic E-state index is -0.246. The van der Waals surface area contributed by atoms with Gasteiger partial charge in [-0.25, -0.2) is 19.3 Å². The Morgan fingerprint density at radius 1 is 0.966 bits per heavy atom. The summed E-state index contributed by atoms with van der Waals surface area (Å²) in [5.74, 6) is 1.88. The van der Waals surface area contributed by atoms with E-state index in [1.54, 1.807) is 24.5 Å². The maximum Gasteiger partial charge on any atom is 0.161 e. The monoisotopic (exact) mass is 392 g/mol. The third-order valence-corrected chi connectivity index (χ3v) is 5.16. The average Bonchev–Trinajstić information content (AvgIpc) is 2.74. The van der Waals surface area contributed by atoms with Crippen molar-refractivity contribution in [3.05, 3.63) is 66.2 Å². The molecular weight excluding hydrogens is 367 g/mol. The van der Waals surface area contributed by atoms with Crippen LogP contribution in [0, 0.1) is 5.82 Å². The van der Waals surface area contributed by atoms with E-state index in [0.717, 1.165) is 42.6 Å². The zero-order chi connectivity index (χ0) is 20.1. The van der Waals surface area contributed by atoms with Crippen LogP contribution in [0.3, 0.4) is 0 Å². The van der Waals surface area contributed by atoms with Gasteiger partial charge >= 0.3 is 0 Å². The molecule has 1 saturated carbocycles. The molecule has 4 rings (SSSR count). The first-order valence-corrected chi connectivity index (χ1v) is 9.95. The second-order valence-corrected chi connectivity index (χ2v) is 7.43. The van der Waals surface area contributed by atoms with Gasteiger partial charge in [-0.05, 0) is 61.6 Å². The molecule has 1 aromatic carbocycles. The SMILES string of the molecule is NC1CCC(Nc2cc(-c3nccc(NCc4cccc(F)c4)n3)ccn2)CC1. The van der Waals surface area contributed by atoms with Crippen molar-refractivity contribution in [1.82, 2.24) is 15.0 Å². The van der Waals surface area contributed by atoms with Crippen LogP contribution < -0.4 is 16.4 Å². The van der Waals surface area contributed by atoms with Crippen molar-refractivity contribution in [3.8, 4) is 11.4 Å². The van der Waals surface area contributed by atoms with Crippen LogP contribution in [-0.2, 0) is 6.54 Å². The summed E-state index contributed by atoms with van der Waals surface area (Å²) >= 11 is 0. The lowest BCUT2D eigenvalue weighted by Gasteiger charge is -2.27. The molecule has 4 N–H and O–H groups in total. The molecule has 0 atom stereocenters. The Kier molecular flexibility index (Phi) is 5.95. The Morgan fingerprint density at radius 3 is 2.62 bits per heavy atom. The molecule has 0 saturated heterocycles. The van der Waals surface area contributed by atoms with E-state index >= 15 is 0 Å². The fraction of sp³-hybridized carbons (Fsp3) is 0.318. The first-order chi connectivity index (χ1) is 14.2. The first kappa shape index (κ1) is 19.3. The highest BCUT2D eigenvalue weighted by Crippen LogP contribution is 2.23. The highest BCUT2D eigenvalue weighted by atomic mass is 19.1. The molecule has 2 aromatic heterocycles. The van der Waals surface area contributed by atoms with Gasteiger partial charge < -0.3 is 16.4 Å². The number of pyridine rings is 1. The van der Waals surface area contributed by atoms with Crippen molar-refractivity contribution in [1.29, 1.82) is 0 Å². The summed E-state index contributed by atoms with van der Waals surface area (Å²) in [4.78, 5) is 13.4. The fourth-order valence-corrected chi connectivity index (χ4v) is 3.56. The lowest BCUT2D eigenvalue weighted by Crippen LogP contribution is -2.33. The Hall–Kier alpha value is -3.06. The van der Waals surface area contributed by atoms with Gasteiger partial charge in [-0.3, -0.25) is 0 Å². The summed E-state index contributed by atoms with van der Waals surface area (Å²) in [6.07, 6.45) is 7.68. The summed E-state index contributed by atoms with van der Waals surface area (Å²) in [5, 5.41) is 6.73. The molecule has 0 bridgehead atoms. The molecule has 6 nitrogen and oxygen atoms in total. The average molecular weight is 392 g/mol. The highest BCUT2D eigenvalue weighted by molar-refractivity contribution is 5.61. The Labute approximate surface area is 169 Å². The summed E-state index contributed by atoms with van der Waals surface area (Å²) in [5.41, 5.74) is 7.74. The van der Waals surface area contributed by atoms with E-state index in [1.165, 1.54) is 12.1 Å². The van der Waals surface area contributed by atoms with Crippen LogP contribution in [0.1, 0.15) is 31.2 Å². The molecule has 0 unspecified atom stereocenters. The van der Waals surface area contributed by atoms with Crippen LogP contribution in [0.4, 0.5) is 16.0 Å². The van der Waals surface area contributed by atoms with E-state index in [2.05, 4.69) is 25.6 Å². The minimum absolute atomic E-state index is 0.246. The van der Waals surface area contributed by atoms with E-state index in [-0.39, 0.29) is 5.82 Å². The van der Waals surface area contributed by atoms with E-state index in [9.17, 15) is 4.39 Å². The van der Waals surface area contributed by atoms with E-state index < -0.39 is 0 Å². The number of nitrogens with one attached hydrogen (secondary N) is 2. The molecule has 1 fully saturated rings. The Morgan fingerprint density at radius 2 is 1.79 bits per heavy atom. The highest BCUT2D eigenvalue weighted by Gasteiger charge is 2.18. The molecule has 29 heavy (non-hydrogen) atoms. The molecule has 150 valence electrons. The molecular formula is C22H25FN6. The van der Waals surface area contributed by atoms with Gasteiger partial charge in [0.1, 0.15) is 17.5 Å². The number of aromatic nitrogens is 3. The summed E-state index contributed by atoms with van der Waals surface area (Å²) in [6, 6.07) is 12.9. The number of hydrogen-bond acceptors (Lipinski definition) is 6. The summed E-state index contributed by atoms with van der Waals surface area (Å²) < 4.78 is 13.3. The van der Waals surface area contributed by atoms with Gasteiger partial charge in [-0.15, -0.1) is 0 Å². The van der Waals surface area contributed by atoms with Crippen LogP contribution in [-0.4, -0.2) is 27.0 Å². The van der Waals surface area contributed by atoms with Gasteiger partial charge in [-0.1, -0.05) is 12.1 Å². The number of anilines is 2. The lowest BCUT2D eigenvalue weighted by molar-refractivity contribution is 0.410. The third-order valence-electron chi connectivity index (χ3n) is 5.16. The smallest absolute Gasteiger partial charge is 0.161 e. The number of benzene rings is 1. The van der Waals surface area contributed by atoms with E-state index in [4.69, 9.17) is 5.73 Å². The van der Waals surface area contributed by atoms with Crippen LogP contribution >= 0.6 is 0 Å². The van der Waals surface area contributed by atoms with Gasteiger partial charge in [0, 0.05) is 36.6 Å². The quantitative estimate of drug-likeness (QED) is 0.588. The normalized spacial score (nSPS) is 19.0. The molecule has 3 aromatic rings. The molecule has 0 aliphatic heterocycles. The van der Waals surface area contributed by atoms with Crippen LogP contribution in [0.25, 0.3) is 11.4 Å². The molecule has 0 amide bonds.